The van der Waals surface area contributed by atoms with E-state index in [2.05, 4.69) is 0 Å². The summed E-state index contributed by atoms with van der Waals surface area (Å²) in [7, 11) is 0. The summed E-state index contributed by atoms with van der Waals surface area (Å²) in [5.74, 6) is -27.8. The fraction of sp³-hybridized carbons (Fsp3) is 1.00. The summed E-state index contributed by atoms with van der Waals surface area (Å²) in [6.45, 7) is 2.50. The molecule has 10 heteroatoms. The van der Waals surface area contributed by atoms with Crippen LogP contribution in [-0.4, -0.2) is 33.3 Å². The summed E-state index contributed by atoms with van der Waals surface area (Å²) in [5.41, 5.74) is -5.34. The van der Waals surface area contributed by atoms with Crippen LogP contribution < -0.4 is 0 Å². The molecule has 2 unspecified atom stereocenters. The molecule has 1 rings (SSSR count). The molecule has 0 heterocycles. The van der Waals surface area contributed by atoms with Gasteiger partial charge in [0.1, 0.15) is 0 Å². The van der Waals surface area contributed by atoms with E-state index < -0.39 is 39.2 Å². The molecule has 0 radical (unpaired) electrons. The summed E-state index contributed by atoms with van der Waals surface area (Å²) >= 11 is 1.39. The molecule has 0 N–H and O–H groups in total. The number of hydrogen-bond acceptors (Lipinski definition) is 0. The predicted octanol–water partition coefficient (Wildman–Crippen LogP) is 7.05. The van der Waals surface area contributed by atoms with Gasteiger partial charge in [-0.2, -0.15) is 35.1 Å². The number of hydrogen-bond donors (Lipinski definition) is 0. The van der Waals surface area contributed by atoms with Crippen molar-refractivity contribution in [2.45, 2.75) is 85.7 Å². The van der Waals surface area contributed by atoms with E-state index in [4.69, 9.17) is 0 Å². The van der Waals surface area contributed by atoms with E-state index in [-0.39, 0.29) is 6.42 Å². The molecule has 0 nitrogen and oxygen atoms in total. The summed E-state index contributed by atoms with van der Waals surface area (Å²) in [4.78, 5) is 0. The molecule has 25 heavy (non-hydrogen) atoms. The van der Waals surface area contributed by atoms with Crippen LogP contribution in [0.3, 0.4) is 0 Å². The highest BCUT2D eigenvalue weighted by Gasteiger charge is 3.01. The van der Waals surface area contributed by atoms with Gasteiger partial charge in [0.05, 0.1) is 0 Å². The molecule has 150 valence electrons. The van der Waals surface area contributed by atoms with Gasteiger partial charge in [0.25, 0.3) is 5.67 Å². The van der Waals surface area contributed by atoms with Gasteiger partial charge in [-0.15, -0.1) is 0 Å². The van der Waals surface area contributed by atoms with Crippen molar-refractivity contribution in [1.82, 2.24) is 0 Å². The fourth-order valence-corrected chi connectivity index (χ4v) is 4.00. The van der Waals surface area contributed by atoms with E-state index in [1.165, 1.54) is 22.6 Å². The second-order valence-corrected chi connectivity index (χ2v) is 8.12. The molecule has 1 aliphatic carbocycles. The zero-order chi connectivity index (χ0) is 19.9. The number of halogens is 10. The minimum atomic E-state index is -6.48. The first-order chi connectivity index (χ1) is 11.1. The van der Waals surface area contributed by atoms with Crippen LogP contribution in [0.1, 0.15) is 52.4 Å². The third-order valence-electron chi connectivity index (χ3n) is 4.85. The van der Waals surface area contributed by atoms with Gasteiger partial charge < -0.3 is 0 Å². The Bertz CT molecular complexity index is 438. The maximum atomic E-state index is 14.7. The van der Waals surface area contributed by atoms with Gasteiger partial charge in [-0.1, -0.05) is 68.5 Å². The molecular weight excluding hydrogens is 478 g/mol. The second-order valence-electron chi connectivity index (χ2n) is 6.52. The smallest absolute Gasteiger partial charge is 0.230 e. The zero-order valence-electron chi connectivity index (χ0n) is 13.7. The van der Waals surface area contributed by atoms with Gasteiger partial charge in [-0.25, -0.2) is 4.39 Å². The third kappa shape index (κ3) is 3.05. The molecule has 0 aromatic rings. The van der Waals surface area contributed by atoms with Gasteiger partial charge in [0.15, 0.2) is 0 Å². The van der Waals surface area contributed by atoms with E-state index in [9.17, 15) is 39.5 Å². The Morgan fingerprint density at radius 2 is 1.08 bits per heavy atom. The number of rotatable bonds is 8. The van der Waals surface area contributed by atoms with Crippen molar-refractivity contribution in [3.63, 3.8) is 0 Å². The summed E-state index contributed by atoms with van der Waals surface area (Å²) in [5, 5.41) is 0. The van der Waals surface area contributed by atoms with Gasteiger partial charge in [0.2, 0.25) is 0 Å². The Morgan fingerprint density at radius 3 is 1.48 bits per heavy atom. The van der Waals surface area contributed by atoms with E-state index in [0.717, 1.165) is 19.3 Å². The molecule has 1 saturated carbocycles. The Morgan fingerprint density at radius 1 is 0.680 bits per heavy atom. The highest BCUT2D eigenvalue weighted by molar-refractivity contribution is 14.1. The first kappa shape index (κ1) is 23.1. The minimum Gasteiger partial charge on any atom is -0.230 e. The largest absolute Gasteiger partial charge is 0.381 e. The lowest BCUT2D eigenvalue weighted by atomic mass is 9.80. The normalized spacial score (nSPS) is 27.8. The van der Waals surface area contributed by atoms with Crippen molar-refractivity contribution in [2.75, 3.05) is 0 Å². The van der Waals surface area contributed by atoms with Gasteiger partial charge >= 0.3 is 23.7 Å². The van der Waals surface area contributed by atoms with Crippen LogP contribution in [0, 0.1) is 5.92 Å². The number of unbranched alkanes of at least 4 members (excludes halogenated alkanes) is 4. The Hall–Kier alpha value is 0.1000. The molecule has 2 atom stereocenters. The van der Waals surface area contributed by atoms with Crippen molar-refractivity contribution in [3.8, 4) is 0 Å². The van der Waals surface area contributed by atoms with E-state index in [1.54, 1.807) is 0 Å². The molecule has 1 fully saturated rings. The van der Waals surface area contributed by atoms with E-state index in [0.29, 0.717) is 19.8 Å². The lowest BCUT2D eigenvalue weighted by Crippen LogP contribution is -2.60. The first-order valence-corrected chi connectivity index (χ1v) is 9.23. The highest BCUT2D eigenvalue weighted by atomic mass is 127. The molecule has 0 aliphatic heterocycles. The van der Waals surface area contributed by atoms with E-state index >= 15 is 0 Å². The van der Waals surface area contributed by atoms with Crippen LogP contribution in [-0.2, 0) is 0 Å². The van der Waals surface area contributed by atoms with E-state index in [1.807, 2.05) is 6.92 Å². The third-order valence-corrected chi connectivity index (χ3v) is 6.55. The molecule has 0 bridgehead atoms. The lowest BCUT2D eigenvalue weighted by Gasteiger charge is -2.38. The molecule has 0 amide bonds. The second kappa shape index (κ2) is 7.26. The van der Waals surface area contributed by atoms with Crippen molar-refractivity contribution < 1.29 is 39.5 Å². The van der Waals surface area contributed by atoms with Crippen LogP contribution in [0.15, 0.2) is 0 Å². The summed E-state index contributed by atoms with van der Waals surface area (Å²) < 4.78 is 122. The van der Waals surface area contributed by atoms with Crippen molar-refractivity contribution in [1.29, 1.82) is 0 Å². The summed E-state index contributed by atoms with van der Waals surface area (Å²) in [6.07, 6.45) is 3.58. The monoisotopic (exact) mass is 498 g/mol. The topological polar surface area (TPSA) is 0 Å². The Kier molecular flexibility index (Phi) is 6.72. The van der Waals surface area contributed by atoms with Crippen molar-refractivity contribution in [2.24, 2.45) is 5.92 Å². The zero-order valence-corrected chi connectivity index (χ0v) is 15.8. The Balaban J connectivity index is 3.07. The molecule has 0 saturated heterocycles. The van der Waals surface area contributed by atoms with Crippen molar-refractivity contribution >= 4 is 22.6 Å². The predicted molar refractivity (Wildman–Crippen MR) is 84.0 cm³/mol. The molecule has 0 spiro atoms. The van der Waals surface area contributed by atoms with Crippen molar-refractivity contribution in [3.05, 3.63) is 0 Å². The minimum absolute atomic E-state index is 0.0135. The van der Waals surface area contributed by atoms with Crippen LogP contribution in [0.2, 0.25) is 0 Å². The maximum Gasteiger partial charge on any atom is 0.381 e. The average Bonchev–Trinajstić information content (AvgIpc) is 2.56. The van der Waals surface area contributed by atoms with Gasteiger partial charge in [-0.05, 0) is 6.42 Å². The standard InChI is InChI=1S/C15H20F9I/c1-3-4-5-6-7-8-10(25)9(2)11(16)12(17,18)14(21,22)15(23,24)13(11,19)20/h9-10H,3-8H2,1-2H3. The van der Waals surface area contributed by atoms with Gasteiger partial charge in [0, 0.05) is 9.84 Å². The van der Waals surface area contributed by atoms with Crippen LogP contribution >= 0.6 is 22.6 Å². The Labute approximate surface area is 154 Å². The quantitative estimate of drug-likeness (QED) is 0.146. The van der Waals surface area contributed by atoms with Crippen LogP contribution in [0.5, 0.6) is 0 Å². The molecule has 0 aromatic heterocycles. The van der Waals surface area contributed by atoms with Gasteiger partial charge in [-0.3, -0.25) is 0 Å². The average molecular weight is 498 g/mol. The number of alkyl halides is 10. The molecule has 0 aromatic carbocycles. The van der Waals surface area contributed by atoms with Crippen LogP contribution in [0.25, 0.3) is 0 Å². The molecular formula is C15H20F9I. The highest BCUT2D eigenvalue weighted by Crippen LogP contribution is 2.71. The summed E-state index contributed by atoms with van der Waals surface area (Å²) in [6, 6.07) is 0. The first-order valence-electron chi connectivity index (χ1n) is 7.98. The SMILES string of the molecule is CCCCCCCC(I)C(C)C1(F)C(F)(F)C(F)(F)C(F)(F)C1(F)F. The lowest BCUT2D eigenvalue weighted by molar-refractivity contribution is -0.303. The van der Waals surface area contributed by atoms with Crippen LogP contribution in [0.4, 0.5) is 39.5 Å². The maximum absolute atomic E-state index is 14.7. The fourth-order valence-electron chi connectivity index (χ4n) is 3.06. The molecule has 1 aliphatic rings.